The van der Waals surface area contributed by atoms with Crippen LogP contribution in [0.5, 0.6) is 11.5 Å². The molecule has 0 aromatic heterocycles. The summed E-state index contributed by atoms with van der Waals surface area (Å²) in [6.07, 6.45) is 0.810. The Morgan fingerprint density at radius 2 is 1.67 bits per heavy atom. The molecular formula is C14H13BrO3. The molecule has 0 saturated heterocycles. The summed E-state index contributed by atoms with van der Waals surface area (Å²) >= 11 is 3.40. The van der Waals surface area contributed by atoms with Crippen molar-refractivity contribution in [3.05, 3.63) is 35.4 Å². The first-order chi connectivity index (χ1) is 8.78. The normalized spacial score (nSPS) is 10.4. The van der Waals surface area contributed by atoms with Crippen LogP contribution < -0.4 is 9.47 Å². The minimum absolute atomic E-state index is 0.532. The van der Waals surface area contributed by atoms with E-state index in [1.54, 1.807) is 14.2 Å². The van der Waals surface area contributed by atoms with Crippen molar-refractivity contribution < 1.29 is 14.3 Å². The smallest absolute Gasteiger partial charge is 0.154 e. The van der Waals surface area contributed by atoms with Gasteiger partial charge in [0.25, 0.3) is 0 Å². The topological polar surface area (TPSA) is 35.5 Å². The largest absolute Gasteiger partial charge is 0.496 e. The number of methoxy groups -OCH3 is 2. The van der Waals surface area contributed by atoms with Gasteiger partial charge in [-0.05, 0) is 0 Å². The average Bonchev–Trinajstić information content (AvgIpc) is 2.44. The molecule has 0 spiro atoms. The highest BCUT2D eigenvalue weighted by molar-refractivity contribution is 9.08. The molecule has 2 aromatic carbocycles. The minimum Gasteiger partial charge on any atom is -0.496 e. The standard InChI is InChI=1S/C14H13BrO3/c1-17-13-9-5-3-4-6-10(9)14(18-2)12(8-16)11(13)7-15/h3-6,8H,7H2,1-2H3. The van der Waals surface area contributed by atoms with Gasteiger partial charge in [-0.1, -0.05) is 40.2 Å². The fraction of sp³-hybridized carbons (Fsp3) is 0.214. The van der Waals surface area contributed by atoms with E-state index in [-0.39, 0.29) is 0 Å². The van der Waals surface area contributed by atoms with Gasteiger partial charge in [0.1, 0.15) is 11.5 Å². The maximum atomic E-state index is 11.3. The molecule has 0 aliphatic rings. The third-order valence-electron chi connectivity index (χ3n) is 2.92. The van der Waals surface area contributed by atoms with Gasteiger partial charge in [0.2, 0.25) is 0 Å². The van der Waals surface area contributed by atoms with Crippen LogP contribution >= 0.6 is 15.9 Å². The van der Waals surface area contributed by atoms with Crippen LogP contribution in [-0.4, -0.2) is 20.5 Å². The number of fused-ring (bicyclic) bond motifs is 1. The molecule has 0 unspecified atom stereocenters. The highest BCUT2D eigenvalue weighted by atomic mass is 79.9. The molecule has 0 aliphatic carbocycles. The number of hydrogen-bond donors (Lipinski definition) is 0. The predicted molar refractivity (Wildman–Crippen MR) is 75.1 cm³/mol. The van der Waals surface area contributed by atoms with Gasteiger partial charge in [-0.2, -0.15) is 0 Å². The number of ether oxygens (including phenoxy) is 2. The summed E-state index contributed by atoms with van der Waals surface area (Å²) in [6.45, 7) is 0. The number of benzene rings is 2. The SMILES string of the molecule is COc1c(C=O)c(CBr)c(OC)c2ccccc12. The molecule has 18 heavy (non-hydrogen) atoms. The van der Waals surface area contributed by atoms with Crippen molar-refractivity contribution in [2.75, 3.05) is 14.2 Å². The Labute approximate surface area is 114 Å². The van der Waals surface area contributed by atoms with Crippen molar-refractivity contribution in [3.8, 4) is 11.5 Å². The average molecular weight is 309 g/mol. The molecule has 94 valence electrons. The van der Waals surface area contributed by atoms with E-state index >= 15 is 0 Å². The predicted octanol–water partition coefficient (Wildman–Crippen LogP) is 3.56. The van der Waals surface area contributed by atoms with Gasteiger partial charge in [-0.3, -0.25) is 4.79 Å². The van der Waals surface area contributed by atoms with Crippen molar-refractivity contribution >= 4 is 33.0 Å². The molecule has 2 aromatic rings. The molecule has 0 amide bonds. The van der Waals surface area contributed by atoms with Crippen LogP contribution in [0.4, 0.5) is 0 Å². The van der Waals surface area contributed by atoms with Crippen LogP contribution in [0.2, 0.25) is 0 Å². The summed E-state index contributed by atoms with van der Waals surface area (Å²) in [5.74, 6) is 1.31. The van der Waals surface area contributed by atoms with Crippen molar-refractivity contribution in [2.24, 2.45) is 0 Å². The second-order valence-corrected chi connectivity index (χ2v) is 4.32. The highest BCUT2D eigenvalue weighted by Crippen LogP contribution is 2.40. The molecular weight excluding hydrogens is 296 g/mol. The molecule has 0 saturated carbocycles. The number of rotatable bonds is 4. The maximum absolute atomic E-state index is 11.3. The molecule has 0 heterocycles. The Morgan fingerprint density at radius 1 is 1.11 bits per heavy atom. The van der Waals surface area contributed by atoms with Crippen LogP contribution in [0.25, 0.3) is 10.8 Å². The van der Waals surface area contributed by atoms with Crippen LogP contribution in [0.3, 0.4) is 0 Å². The Bertz CT molecular complexity index is 593. The van der Waals surface area contributed by atoms with E-state index in [0.717, 1.165) is 22.6 Å². The van der Waals surface area contributed by atoms with E-state index in [0.29, 0.717) is 22.4 Å². The van der Waals surface area contributed by atoms with Gasteiger partial charge < -0.3 is 9.47 Å². The number of hydrogen-bond acceptors (Lipinski definition) is 3. The lowest BCUT2D eigenvalue weighted by Crippen LogP contribution is -2.01. The minimum atomic E-state index is 0.532. The second kappa shape index (κ2) is 5.40. The van der Waals surface area contributed by atoms with Gasteiger partial charge >= 0.3 is 0 Å². The first-order valence-electron chi connectivity index (χ1n) is 5.45. The zero-order chi connectivity index (χ0) is 13.1. The zero-order valence-electron chi connectivity index (χ0n) is 10.2. The lowest BCUT2D eigenvalue weighted by Gasteiger charge is -2.16. The molecule has 0 bridgehead atoms. The first kappa shape index (κ1) is 12.9. The summed E-state index contributed by atoms with van der Waals surface area (Å²) in [4.78, 5) is 11.3. The Kier molecular flexibility index (Phi) is 3.87. The zero-order valence-corrected chi connectivity index (χ0v) is 11.8. The van der Waals surface area contributed by atoms with Gasteiger partial charge in [-0.15, -0.1) is 0 Å². The third kappa shape index (κ3) is 1.86. The quantitative estimate of drug-likeness (QED) is 0.640. The first-order valence-corrected chi connectivity index (χ1v) is 6.57. The van der Waals surface area contributed by atoms with Crippen LogP contribution in [0, 0.1) is 0 Å². The molecule has 0 aliphatic heterocycles. The Hall–Kier alpha value is -1.55. The molecule has 0 fully saturated rings. The summed E-state index contributed by atoms with van der Waals surface area (Å²) in [5, 5.41) is 2.35. The number of halogens is 1. The summed E-state index contributed by atoms with van der Waals surface area (Å²) in [6, 6.07) is 7.72. The van der Waals surface area contributed by atoms with Gasteiger partial charge in [0, 0.05) is 21.7 Å². The van der Waals surface area contributed by atoms with E-state index in [4.69, 9.17) is 9.47 Å². The van der Waals surface area contributed by atoms with Gasteiger partial charge in [-0.25, -0.2) is 0 Å². The van der Waals surface area contributed by atoms with Crippen LogP contribution in [-0.2, 0) is 5.33 Å². The second-order valence-electron chi connectivity index (χ2n) is 3.76. The number of alkyl halides is 1. The number of carbonyl (C=O) groups is 1. The van der Waals surface area contributed by atoms with Crippen LogP contribution in [0.15, 0.2) is 24.3 Å². The molecule has 0 atom stereocenters. The number of carbonyl (C=O) groups excluding carboxylic acids is 1. The molecule has 0 N–H and O–H groups in total. The Morgan fingerprint density at radius 3 is 2.11 bits per heavy atom. The van der Waals surface area contributed by atoms with E-state index in [2.05, 4.69) is 15.9 Å². The third-order valence-corrected chi connectivity index (χ3v) is 3.48. The van der Waals surface area contributed by atoms with Crippen LogP contribution in [0.1, 0.15) is 15.9 Å². The number of aldehydes is 1. The summed E-state index contributed by atoms with van der Waals surface area (Å²) in [7, 11) is 3.17. The van der Waals surface area contributed by atoms with Gasteiger partial charge in [0.05, 0.1) is 19.8 Å². The Balaban J connectivity index is 2.99. The van der Waals surface area contributed by atoms with E-state index in [1.807, 2.05) is 24.3 Å². The van der Waals surface area contributed by atoms with Crippen molar-refractivity contribution in [3.63, 3.8) is 0 Å². The maximum Gasteiger partial charge on any atom is 0.154 e. The van der Waals surface area contributed by atoms with E-state index < -0.39 is 0 Å². The van der Waals surface area contributed by atoms with E-state index in [9.17, 15) is 4.79 Å². The van der Waals surface area contributed by atoms with Gasteiger partial charge in [0.15, 0.2) is 6.29 Å². The highest BCUT2D eigenvalue weighted by Gasteiger charge is 2.19. The van der Waals surface area contributed by atoms with Crippen molar-refractivity contribution in [1.29, 1.82) is 0 Å². The molecule has 4 heteroatoms. The lowest BCUT2D eigenvalue weighted by molar-refractivity contribution is 0.112. The summed E-state index contributed by atoms with van der Waals surface area (Å²) in [5.41, 5.74) is 1.34. The summed E-state index contributed by atoms with van der Waals surface area (Å²) < 4.78 is 10.8. The molecule has 2 rings (SSSR count). The molecule has 0 radical (unpaired) electrons. The monoisotopic (exact) mass is 308 g/mol. The lowest BCUT2D eigenvalue weighted by atomic mass is 9.99. The molecule has 3 nitrogen and oxygen atoms in total. The van der Waals surface area contributed by atoms with E-state index in [1.165, 1.54) is 0 Å². The fourth-order valence-corrected chi connectivity index (χ4v) is 2.71. The van der Waals surface area contributed by atoms with Crippen molar-refractivity contribution in [2.45, 2.75) is 5.33 Å². The fourth-order valence-electron chi connectivity index (χ4n) is 2.16. The van der Waals surface area contributed by atoms with Crippen molar-refractivity contribution in [1.82, 2.24) is 0 Å².